The van der Waals surface area contributed by atoms with Gasteiger partial charge in [0.05, 0.1) is 28.0 Å². The molecule has 2 atom stereocenters. The molecule has 2 aromatic heterocycles. The molecule has 2 aliphatic rings. The highest BCUT2D eigenvalue weighted by Gasteiger charge is 2.52. The molecule has 1 aliphatic heterocycles. The third-order valence-corrected chi connectivity index (χ3v) is 9.48. The number of alkyl halides is 3. The smallest absolute Gasteiger partial charge is 0.416 e. The van der Waals surface area contributed by atoms with Crippen LogP contribution in [0.5, 0.6) is 0 Å². The highest BCUT2D eigenvalue weighted by atomic mass is 32.2. The lowest BCUT2D eigenvalue weighted by atomic mass is 9.65. The molecule has 2 aromatic carbocycles. The van der Waals surface area contributed by atoms with Gasteiger partial charge in [-0.2, -0.15) is 22.6 Å². The Balaban J connectivity index is 1.41. The Morgan fingerprint density at radius 1 is 1.07 bits per heavy atom. The minimum atomic E-state index is -4.61. The number of aryl methyl sites for hydroxylation is 1. The van der Waals surface area contributed by atoms with E-state index in [2.05, 4.69) is 15.3 Å². The number of aliphatic hydroxyl groups is 1. The van der Waals surface area contributed by atoms with Crippen LogP contribution in [0.1, 0.15) is 41.1 Å². The van der Waals surface area contributed by atoms with Crippen LogP contribution in [0.15, 0.2) is 69.6 Å². The Hall–Kier alpha value is -3.88. The van der Waals surface area contributed by atoms with Crippen LogP contribution in [0.25, 0.3) is 11.8 Å². The number of halogens is 4. The predicted molar refractivity (Wildman–Crippen MR) is 136 cm³/mol. The molecule has 4 aromatic rings. The first-order valence-corrected chi connectivity index (χ1v) is 14.0. The largest absolute Gasteiger partial charge is 0.423 e. The van der Waals surface area contributed by atoms with E-state index < -0.39 is 39.1 Å². The van der Waals surface area contributed by atoms with Crippen molar-refractivity contribution in [2.45, 2.75) is 36.9 Å². The lowest BCUT2D eigenvalue weighted by molar-refractivity contribution is -0.137. The molecule has 6 rings (SSSR count). The van der Waals surface area contributed by atoms with E-state index in [1.54, 1.807) is 29.9 Å². The molecule has 0 radical (unpaired) electrons. The van der Waals surface area contributed by atoms with Gasteiger partial charge < -0.3 is 9.52 Å². The van der Waals surface area contributed by atoms with Crippen LogP contribution in [-0.2, 0) is 22.6 Å². The van der Waals surface area contributed by atoms with Crippen LogP contribution in [-0.4, -0.2) is 50.9 Å². The Morgan fingerprint density at radius 3 is 2.41 bits per heavy atom. The van der Waals surface area contributed by atoms with E-state index in [1.165, 1.54) is 12.1 Å². The number of aromatic nitrogens is 4. The Labute approximate surface area is 231 Å². The Bertz CT molecular complexity index is 1750. The molecule has 214 valence electrons. The minimum Gasteiger partial charge on any atom is -0.423 e. The molecule has 1 saturated heterocycles. The van der Waals surface area contributed by atoms with Crippen LogP contribution in [0, 0.1) is 18.2 Å². The summed E-state index contributed by atoms with van der Waals surface area (Å²) in [6, 6.07) is 9.11. The van der Waals surface area contributed by atoms with E-state index in [0.29, 0.717) is 16.9 Å². The quantitative estimate of drug-likeness (QED) is 0.342. The normalized spacial score (nSPS) is 20.3. The van der Waals surface area contributed by atoms with E-state index in [9.17, 15) is 31.1 Å². The molecular weight excluding hydrogens is 566 g/mol. The fourth-order valence-electron chi connectivity index (χ4n) is 5.54. The molecule has 0 bridgehead atoms. The monoisotopic (exact) mass is 589 g/mol. The van der Waals surface area contributed by atoms with Gasteiger partial charge in [-0.1, -0.05) is 5.57 Å². The van der Waals surface area contributed by atoms with E-state index in [0.717, 1.165) is 34.1 Å². The number of benzene rings is 2. The predicted octanol–water partition coefficient (Wildman–Crippen LogP) is 4.48. The van der Waals surface area contributed by atoms with Crippen molar-refractivity contribution in [2.24, 2.45) is 5.41 Å². The number of aliphatic hydroxyl groups excluding tert-OH is 1. The molecule has 1 N–H and O–H groups in total. The Morgan fingerprint density at radius 2 is 1.78 bits per heavy atom. The van der Waals surface area contributed by atoms with Crippen LogP contribution < -0.4 is 0 Å². The lowest BCUT2D eigenvalue weighted by Crippen LogP contribution is -2.52. The fraction of sp³-hybridized carbons (Fsp3) is 0.296. The number of hydrogen-bond donors (Lipinski definition) is 1. The second-order valence-corrected chi connectivity index (χ2v) is 12.1. The summed E-state index contributed by atoms with van der Waals surface area (Å²) in [5, 5.41) is 23.9. The summed E-state index contributed by atoms with van der Waals surface area (Å²) in [7, 11) is -4.24. The molecule has 0 saturated carbocycles. The minimum absolute atomic E-state index is 0.0204. The molecule has 0 amide bonds. The van der Waals surface area contributed by atoms with Crippen molar-refractivity contribution in [1.29, 1.82) is 0 Å². The molecule has 0 unspecified atom stereocenters. The van der Waals surface area contributed by atoms with E-state index >= 15 is 0 Å². The van der Waals surface area contributed by atoms with Crippen molar-refractivity contribution in [3.8, 4) is 5.69 Å². The molecule has 14 heteroatoms. The summed E-state index contributed by atoms with van der Waals surface area (Å²) in [6.07, 6.45) is -2.22. The number of sulfonamides is 1. The zero-order chi connectivity index (χ0) is 29.2. The Kier molecular flexibility index (Phi) is 6.39. The number of rotatable bonds is 5. The summed E-state index contributed by atoms with van der Waals surface area (Å²) >= 11 is 0. The lowest BCUT2D eigenvalue weighted by Gasteiger charge is -2.47. The van der Waals surface area contributed by atoms with Crippen LogP contribution in [0.3, 0.4) is 0 Å². The van der Waals surface area contributed by atoms with Gasteiger partial charge in [0.2, 0.25) is 21.8 Å². The molecule has 9 nitrogen and oxygen atoms in total. The van der Waals surface area contributed by atoms with Crippen molar-refractivity contribution in [3.63, 3.8) is 0 Å². The van der Waals surface area contributed by atoms with Gasteiger partial charge in [-0.05, 0) is 73.0 Å². The van der Waals surface area contributed by atoms with Crippen molar-refractivity contribution < 1.29 is 35.5 Å². The van der Waals surface area contributed by atoms with Gasteiger partial charge in [-0.25, -0.2) is 17.5 Å². The second-order valence-electron chi connectivity index (χ2n) is 10.1. The van der Waals surface area contributed by atoms with Crippen molar-refractivity contribution in [3.05, 3.63) is 94.7 Å². The fourth-order valence-corrected chi connectivity index (χ4v) is 7.05. The van der Waals surface area contributed by atoms with Crippen molar-refractivity contribution in [1.82, 2.24) is 24.3 Å². The summed E-state index contributed by atoms with van der Waals surface area (Å²) in [5.74, 6) is -0.269. The average molecular weight is 590 g/mol. The van der Waals surface area contributed by atoms with Gasteiger partial charge >= 0.3 is 6.18 Å². The summed E-state index contributed by atoms with van der Waals surface area (Å²) < 4.78 is 88.3. The van der Waals surface area contributed by atoms with E-state index in [4.69, 9.17) is 4.42 Å². The van der Waals surface area contributed by atoms with E-state index in [-0.39, 0.29) is 42.6 Å². The van der Waals surface area contributed by atoms with Gasteiger partial charge in [0.1, 0.15) is 11.9 Å². The third kappa shape index (κ3) is 4.65. The maximum Gasteiger partial charge on any atom is 0.416 e. The molecule has 1 fully saturated rings. The van der Waals surface area contributed by atoms with Crippen molar-refractivity contribution in [2.75, 3.05) is 13.1 Å². The summed E-state index contributed by atoms with van der Waals surface area (Å²) in [4.78, 5) is -0.295. The first kappa shape index (κ1) is 27.3. The van der Waals surface area contributed by atoms with Gasteiger partial charge in [-0.15, -0.1) is 10.2 Å². The molecular formula is C27H23F4N5O4S. The van der Waals surface area contributed by atoms with Crippen LogP contribution in [0.2, 0.25) is 0 Å². The van der Waals surface area contributed by atoms with Gasteiger partial charge in [0, 0.05) is 25.4 Å². The van der Waals surface area contributed by atoms with Crippen LogP contribution in [0.4, 0.5) is 17.6 Å². The van der Waals surface area contributed by atoms with Gasteiger partial charge in [-0.3, -0.25) is 0 Å². The average Bonchev–Trinajstić information content (AvgIpc) is 3.56. The zero-order valence-corrected chi connectivity index (χ0v) is 22.3. The first-order chi connectivity index (χ1) is 19.4. The standard InChI is InChI=1S/C27H23F4N5O4S/c1-16-33-34-25(40-16)24(37)26-13-17-14-32-36(21-6-4-20(28)5-7-21)23(17)12-19(26)10-11-35(15-26)41(38,39)22-8-2-18(3-9-22)27(29,30)31/h2-9,12,14,24,37H,10-11,13,15H2,1H3/t24-,26-/m0/s1. The first-order valence-electron chi connectivity index (χ1n) is 12.6. The second kappa shape index (κ2) is 9.60. The van der Waals surface area contributed by atoms with Crippen molar-refractivity contribution >= 4 is 16.1 Å². The summed E-state index contributed by atoms with van der Waals surface area (Å²) in [6.45, 7) is 1.38. The molecule has 0 spiro atoms. The maximum absolute atomic E-state index is 13.6. The van der Waals surface area contributed by atoms with Gasteiger partial charge in [0.15, 0.2) is 0 Å². The number of fused-ring (bicyclic) bond motifs is 2. The SMILES string of the molecule is Cc1nnc([C@H](O)[C@]23Cc4cnn(-c5ccc(F)cc5)c4C=C2CCN(S(=O)(=O)c2ccc(C(F)(F)F)cc2)C3)o1. The third-order valence-electron chi connectivity index (χ3n) is 7.62. The molecule has 3 heterocycles. The van der Waals surface area contributed by atoms with E-state index in [1.807, 2.05) is 6.08 Å². The molecule has 41 heavy (non-hydrogen) atoms. The topological polar surface area (TPSA) is 114 Å². The maximum atomic E-state index is 13.6. The van der Waals surface area contributed by atoms with Gasteiger partial charge in [0.25, 0.3) is 0 Å². The molecule has 1 aliphatic carbocycles. The highest BCUT2D eigenvalue weighted by molar-refractivity contribution is 7.89. The van der Waals surface area contributed by atoms with Crippen LogP contribution >= 0.6 is 0 Å². The number of nitrogens with zero attached hydrogens (tertiary/aromatic N) is 5. The highest BCUT2D eigenvalue weighted by Crippen LogP contribution is 2.52. The number of hydrogen-bond acceptors (Lipinski definition) is 7. The summed E-state index contributed by atoms with van der Waals surface area (Å²) in [5.41, 5.74) is 0.539. The zero-order valence-electron chi connectivity index (χ0n) is 21.5. The number of piperidine rings is 1.